The van der Waals surface area contributed by atoms with Gasteiger partial charge in [0.1, 0.15) is 5.75 Å². The lowest BCUT2D eigenvalue weighted by Crippen LogP contribution is -2.29. The molecule has 0 bridgehead atoms. The number of rotatable bonds is 9. The predicted molar refractivity (Wildman–Crippen MR) is 109 cm³/mol. The number of benzene rings is 1. The van der Waals surface area contributed by atoms with Crippen LogP contribution in [0.4, 0.5) is 0 Å². The summed E-state index contributed by atoms with van der Waals surface area (Å²) in [7, 11) is 0. The Morgan fingerprint density at radius 2 is 2.03 bits per heavy atom. The van der Waals surface area contributed by atoms with E-state index in [0.29, 0.717) is 24.0 Å². The fourth-order valence-electron chi connectivity index (χ4n) is 4.95. The Bertz CT molecular complexity index is 762. The highest BCUT2D eigenvalue weighted by atomic mass is 16.6. The largest absolute Gasteiger partial charge is 0.482 e. The quantitative estimate of drug-likeness (QED) is 0.526. The molecule has 3 N–H and O–H groups in total. The molecule has 1 saturated carbocycles. The van der Waals surface area contributed by atoms with Gasteiger partial charge in [-0.15, -0.1) is 0 Å². The molecule has 0 radical (unpaired) electrons. The number of carbonyl (C=O) groups is 2. The highest BCUT2D eigenvalue weighted by Gasteiger charge is 2.44. The molecule has 166 valence electrons. The smallest absolute Gasteiger partial charge is 0.345 e. The van der Waals surface area contributed by atoms with Gasteiger partial charge in [0, 0.05) is 0 Å². The zero-order chi connectivity index (χ0) is 21.8. The van der Waals surface area contributed by atoms with E-state index in [0.717, 1.165) is 43.2 Å². The second kappa shape index (κ2) is 9.79. The lowest BCUT2D eigenvalue weighted by Gasteiger charge is -2.32. The number of aliphatic hydroxyl groups excluding tert-OH is 2. The van der Waals surface area contributed by atoms with Gasteiger partial charge in [0.25, 0.3) is 0 Å². The maximum atomic E-state index is 11.9. The number of carbonyl (C=O) groups excluding carboxylic acids is 1. The molecule has 0 spiro atoms. The fraction of sp³-hybridized carbons (Fsp3) is 0.652. The molecule has 0 aliphatic heterocycles. The van der Waals surface area contributed by atoms with Crippen molar-refractivity contribution in [2.75, 3.05) is 6.61 Å². The first kappa shape index (κ1) is 22.6. The van der Waals surface area contributed by atoms with Gasteiger partial charge in [0.05, 0.1) is 12.2 Å². The van der Waals surface area contributed by atoms with Gasteiger partial charge < -0.3 is 24.8 Å². The molecule has 6 atom stereocenters. The number of aliphatic hydroxyl groups is 2. The Morgan fingerprint density at radius 1 is 1.27 bits per heavy atom. The number of carboxylic acid groups (broad SMARTS) is 1. The summed E-state index contributed by atoms with van der Waals surface area (Å²) in [6.45, 7) is 2.92. The summed E-state index contributed by atoms with van der Waals surface area (Å²) in [6, 6.07) is 5.76. The molecule has 7 heteroatoms. The number of ether oxygens (including phenoxy) is 2. The molecule has 1 aromatic rings. The molecule has 1 fully saturated rings. The van der Waals surface area contributed by atoms with Gasteiger partial charge in [0.2, 0.25) is 0 Å². The molecule has 2 aliphatic rings. The molecule has 0 amide bonds. The van der Waals surface area contributed by atoms with E-state index in [1.807, 2.05) is 19.1 Å². The SMILES string of the molecule is CC[C@H](O)CC[C@@H]1[C@H]2Cc3cccc(OCC(=O)O[C@@H](C)C(=O)O)c3C[C@H]2C[C@H]1O. The number of fused-ring (bicyclic) bond motifs is 2. The normalized spacial score (nSPS) is 26.9. The molecule has 0 aromatic heterocycles. The van der Waals surface area contributed by atoms with Crippen LogP contribution in [-0.2, 0) is 27.2 Å². The van der Waals surface area contributed by atoms with E-state index < -0.39 is 18.0 Å². The third kappa shape index (κ3) is 5.13. The van der Waals surface area contributed by atoms with E-state index in [2.05, 4.69) is 6.07 Å². The number of esters is 1. The minimum Gasteiger partial charge on any atom is -0.482 e. The van der Waals surface area contributed by atoms with Crippen molar-refractivity contribution in [3.8, 4) is 5.75 Å². The molecular weight excluding hydrogens is 388 g/mol. The molecule has 3 rings (SSSR count). The standard InChI is InChI=1S/C23H32O7/c1-3-16(24)7-8-17-18-9-14-5-4-6-21(19(14)10-15(18)11-20(17)25)29-12-22(26)30-13(2)23(27)28/h4-6,13,15-18,20,24-25H,3,7-12H2,1-2H3,(H,27,28)/t13-,15-,16-,17+,18-,20+/m0/s1. The molecule has 30 heavy (non-hydrogen) atoms. The van der Waals surface area contributed by atoms with Crippen LogP contribution in [0.1, 0.15) is 50.7 Å². The van der Waals surface area contributed by atoms with Crippen molar-refractivity contribution in [2.45, 2.75) is 70.7 Å². The Kier molecular flexibility index (Phi) is 7.36. The summed E-state index contributed by atoms with van der Waals surface area (Å²) in [5, 5.41) is 29.4. The van der Waals surface area contributed by atoms with Crippen LogP contribution in [0.3, 0.4) is 0 Å². The first-order valence-electron chi connectivity index (χ1n) is 10.8. The summed E-state index contributed by atoms with van der Waals surface area (Å²) in [5.74, 6) is -0.380. The molecular formula is C23H32O7. The number of hydrogen-bond donors (Lipinski definition) is 3. The Balaban J connectivity index is 1.65. The van der Waals surface area contributed by atoms with Crippen LogP contribution < -0.4 is 4.74 Å². The van der Waals surface area contributed by atoms with Gasteiger partial charge in [-0.2, -0.15) is 0 Å². The van der Waals surface area contributed by atoms with Crippen molar-refractivity contribution in [1.29, 1.82) is 0 Å². The Labute approximate surface area is 177 Å². The Hall–Kier alpha value is -2.12. The van der Waals surface area contributed by atoms with Crippen LogP contribution in [-0.4, -0.2) is 52.2 Å². The predicted octanol–water partition coefficient (Wildman–Crippen LogP) is 2.34. The molecule has 0 saturated heterocycles. The molecule has 0 unspecified atom stereocenters. The molecule has 0 heterocycles. The second-order valence-electron chi connectivity index (χ2n) is 8.59. The second-order valence-corrected chi connectivity index (χ2v) is 8.59. The maximum Gasteiger partial charge on any atom is 0.345 e. The van der Waals surface area contributed by atoms with Crippen LogP contribution in [0.5, 0.6) is 5.75 Å². The summed E-state index contributed by atoms with van der Waals surface area (Å²) >= 11 is 0. The van der Waals surface area contributed by atoms with Gasteiger partial charge >= 0.3 is 11.9 Å². The zero-order valence-corrected chi connectivity index (χ0v) is 17.6. The van der Waals surface area contributed by atoms with Crippen molar-refractivity contribution >= 4 is 11.9 Å². The third-order valence-corrected chi connectivity index (χ3v) is 6.65. The van der Waals surface area contributed by atoms with Gasteiger partial charge in [0.15, 0.2) is 12.7 Å². The minimum absolute atomic E-state index is 0.196. The van der Waals surface area contributed by atoms with Gasteiger partial charge in [-0.25, -0.2) is 9.59 Å². The van der Waals surface area contributed by atoms with Crippen molar-refractivity contribution in [1.82, 2.24) is 0 Å². The van der Waals surface area contributed by atoms with Crippen molar-refractivity contribution in [3.05, 3.63) is 29.3 Å². The molecule has 2 aliphatic carbocycles. The van der Waals surface area contributed by atoms with Crippen LogP contribution in [0.15, 0.2) is 18.2 Å². The van der Waals surface area contributed by atoms with E-state index in [9.17, 15) is 19.8 Å². The summed E-state index contributed by atoms with van der Waals surface area (Å²) in [5.41, 5.74) is 2.22. The van der Waals surface area contributed by atoms with Crippen LogP contribution in [0.2, 0.25) is 0 Å². The lowest BCUT2D eigenvalue weighted by molar-refractivity contribution is -0.163. The third-order valence-electron chi connectivity index (χ3n) is 6.65. The maximum absolute atomic E-state index is 11.9. The van der Waals surface area contributed by atoms with Crippen molar-refractivity contribution in [3.63, 3.8) is 0 Å². The summed E-state index contributed by atoms with van der Waals surface area (Å²) in [4.78, 5) is 22.7. The zero-order valence-electron chi connectivity index (χ0n) is 17.6. The summed E-state index contributed by atoms with van der Waals surface area (Å²) in [6.07, 6.45) is 2.77. The van der Waals surface area contributed by atoms with Crippen LogP contribution in [0, 0.1) is 17.8 Å². The average molecular weight is 421 g/mol. The first-order valence-corrected chi connectivity index (χ1v) is 10.8. The van der Waals surface area contributed by atoms with E-state index in [4.69, 9.17) is 14.6 Å². The molecule has 1 aromatic carbocycles. The summed E-state index contributed by atoms with van der Waals surface area (Å²) < 4.78 is 10.5. The minimum atomic E-state index is -1.21. The topological polar surface area (TPSA) is 113 Å². The van der Waals surface area contributed by atoms with E-state index >= 15 is 0 Å². The van der Waals surface area contributed by atoms with E-state index in [-0.39, 0.29) is 24.7 Å². The highest BCUT2D eigenvalue weighted by Crippen LogP contribution is 2.48. The lowest BCUT2D eigenvalue weighted by atomic mass is 9.73. The number of aliphatic carboxylic acids is 1. The monoisotopic (exact) mass is 420 g/mol. The number of hydrogen-bond acceptors (Lipinski definition) is 6. The van der Waals surface area contributed by atoms with Gasteiger partial charge in [-0.1, -0.05) is 19.1 Å². The highest BCUT2D eigenvalue weighted by molar-refractivity contribution is 5.78. The fourth-order valence-corrected chi connectivity index (χ4v) is 4.95. The Morgan fingerprint density at radius 3 is 2.73 bits per heavy atom. The van der Waals surface area contributed by atoms with Crippen molar-refractivity contribution < 1.29 is 34.4 Å². The van der Waals surface area contributed by atoms with Crippen molar-refractivity contribution in [2.24, 2.45) is 17.8 Å². The van der Waals surface area contributed by atoms with Crippen LogP contribution >= 0.6 is 0 Å². The average Bonchev–Trinajstić information content (AvgIpc) is 3.02. The number of carboxylic acids is 1. The van der Waals surface area contributed by atoms with Gasteiger partial charge in [-0.05, 0) is 80.4 Å². The molecule has 7 nitrogen and oxygen atoms in total. The first-order chi connectivity index (χ1) is 14.3. The van der Waals surface area contributed by atoms with E-state index in [1.54, 1.807) is 0 Å². The van der Waals surface area contributed by atoms with Gasteiger partial charge in [-0.3, -0.25) is 0 Å². The van der Waals surface area contributed by atoms with Crippen LogP contribution in [0.25, 0.3) is 0 Å². The van der Waals surface area contributed by atoms with E-state index in [1.165, 1.54) is 6.92 Å².